The first-order chi connectivity index (χ1) is 17.3. The van der Waals surface area contributed by atoms with Crippen LogP contribution < -0.4 is 20.1 Å². The van der Waals surface area contributed by atoms with Crippen LogP contribution in [0.5, 0.6) is 11.5 Å². The van der Waals surface area contributed by atoms with E-state index in [0.29, 0.717) is 47.3 Å². The normalized spacial score (nSPS) is 16.5. The number of aromatic nitrogens is 2. The minimum atomic E-state index is -0.943. The van der Waals surface area contributed by atoms with Crippen molar-refractivity contribution in [3.63, 3.8) is 0 Å². The van der Waals surface area contributed by atoms with Crippen molar-refractivity contribution in [2.75, 3.05) is 58.1 Å². The third-order valence-corrected chi connectivity index (χ3v) is 7.20. The second-order valence-electron chi connectivity index (χ2n) is 9.56. The van der Waals surface area contributed by atoms with Crippen molar-refractivity contribution in [3.05, 3.63) is 48.0 Å². The lowest BCUT2D eigenvalue weighted by atomic mass is 9.72. The molecule has 3 aromatic rings. The highest BCUT2D eigenvalue weighted by molar-refractivity contribution is 5.91. The number of methoxy groups -OCH3 is 2. The van der Waals surface area contributed by atoms with Gasteiger partial charge in [0.1, 0.15) is 11.9 Å². The zero-order chi connectivity index (χ0) is 25.9. The van der Waals surface area contributed by atoms with Crippen LogP contribution in [0.25, 0.3) is 10.9 Å². The molecule has 0 spiro atoms. The molecule has 1 aliphatic heterocycles. The van der Waals surface area contributed by atoms with E-state index < -0.39 is 6.10 Å². The van der Waals surface area contributed by atoms with E-state index in [0.717, 1.165) is 25.9 Å². The summed E-state index contributed by atoms with van der Waals surface area (Å²) in [6, 6.07) is 14.1. The molecule has 36 heavy (non-hydrogen) atoms. The molecule has 3 N–H and O–H groups in total. The summed E-state index contributed by atoms with van der Waals surface area (Å²) in [6.07, 6.45) is 0.807. The number of nitrogen functional groups attached to an aromatic ring is 1. The molecule has 1 aromatic heterocycles. The number of rotatable bonds is 9. The van der Waals surface area contributed by atoms with E-state index in [4.69, 9.17) is 20.2 Å². The van der Waals surface area contributed by atoms with Crippen molar-refractivity contribution in [1.82, 2.24) is 14.9 Å². The van der Waals surface area contributed by atoms with Crippen LogP contribution in [0.1, 0.15) is 25.3 Å². The average Bonchev–Trinajstić information content (AvgIpc) is 2.89. The summed E-state index contributed by atoms with van der Waals surface area (Å²) < 4.78 is 10.8. The maximum atomic E-state index is 11.5. The molecule has 1 aliphatic rings. The number of aliphatic hydroxyl groups is 1. The highest BCUT2D eigenvalue weighted by atomic mass is 16.5. The van der Waals surface area contributed by atoms with Gasteiger partial charge in [-0.1, -0.05) is 30.3 Å². The summed E-state index contributed by atoms with van der Waals surface area (Å²) in [7, 11) is 5.16. The standard InChI is InChI=1S/C27H35N5O4/c1-18(33)22(34)16-32-12-10-27(11-13-32,19-8-6-5-7-9-19)17-31(2)26-29-21-15-24(36-4)23(35-3)14-20(21)25(28)30-26/h5-9,14-15,22,34H,10-13,16-17H2,1-4H3,(H2,28,29,30)/t22-/m0/s1. The molecule has 2 aromatic carbocycles. The van der Waals surface area contributed by atoms with Crippen molar-refractivity contribution in [1.29, 1.82) is 0 Å². The van der Waals surface area contributed by atoms with Crippen LogP contribution >= 0.6 is 0 Å². The Balaban J connectivity index is 1.62. The smallest absolute Gasteiger partial charge is 0.227 e. The van der Waals surface area contributed by atoms with Gasteiger partial charge in [-0.05, 0) is 44.5 Å². The maximum absolute atomic E-state index is 11.5. The largest absolute Gasteiger partial charge is 0.493 e. The summed E-state index contributed by atoms with van der Waals surface area (Å²) in [5, 5.41) is 10.8. The number of fused-ring (bicyclic) bond motifs is 1. The van der Waals surface area contributed by atoms with Crippen molar-refractivity contribution >= 4 is 28.5 Å². The van der Waals surface area contributed by atoms with Gasteiger partial charge in [-0.25, -0.2) is 4.98 Å². The molecule has 192 valence electrons. The van der Waals surface area contributed by atoms with Gasteiger partial charge in [-0.2, -0.15) is 4.98 Å². The summed E-state index contributed by atoms with van der Waals surface area (Å²) in [4.78, 5) is 25.2. The molecular formula is C27H35N5O4. The van der Waals surface area contributed by atoms with Crippen molar-refractivity contribution < 1.29 is 19.4 Å². The number of hydrogen-bond donors (Lipinski definition) is 2. The number of likely N-dealkylation sites (N-methyl/N-ethyl adjacent to an activating group) is 1. The Morgan fingerprint density at radius 3 is 2.39 bits per heavy atom. The molecule has 2 heterocycles. The van der Waals surface area contributed by atoms with Gasteiger partial charge in [-0.15, -0.1) is 0 Å². The summed E-state index contributed by atoms with van der Waals surface area (Å²) in [5.74, 6) is 1.88. The molecule has 1 fully saturated rings. The lowest BCUT2D eigenvalue weighted by Crippen LogP contribution is -2.50. The van der Waals surface area contributed by atoms with E-state index in [1.807, 2.05) is 19.2 Å². The number of benzene rings is 2. The van der Waals surface area contributed by atoms with Crippen LogP contribution in [-0.4, -0.2) is 79.3 Å². The maximum Gasteiger partial charge on any atom is 0.227 e. The molecule has 0 unspecified atom stereocenters. The zero-order valence-electron chi connectivity index (χ0n) is 21.4. The number of hydrogen-bond acceptors (Lipinski definition) is 9. The number of piperidine rings is 1. The van der Waals surface area contributed by atoms with Crippen LogP contribution in [0.2, 0.25) is 0 Å². The predicted octanol–water partition coefficient (Wildman–Crippen LogP) is 2.65. The van der Waals surface area contributed by atoms with E-state index in [-0.39, 0.29) is 11.2 Å². The molecule has 0 amide bonds. The number of carbonyl (C=O) groups is 1. The van der Waals surface area contributed by atoms with Gasteiger partial charge in [0.05, 0.1) is 19.7 Å². The first-order valence-electron chi connectivity index (χ1n) is 12.1. The minimum absolute atomic E-state index is 0.141. The lowest BCUT2D eigenvalue weighted by molar-refractivity contribution is -0.126. The van der Waals surface area contributed by atoms with Gasteiger partial charge in [0.25, 0.3) is 0 Å². The van der Waals surface area contributed by atoms with Crippen LogP contribution in [0.3, 0.4) is 0 Å². The van der Waals surface area contributed by atoms with Gasteiger partial charge in [0, 0.05) is 37.0 Å². The summed E-state index contributed by atoms with van der Waals surface area (Å²) in [6.45, 7) is 4.05. The van der Waals surface area contributed by atoms with Crippen molar-refractivity contribution in [2.24, 2.45) is 0 Å². The molecule has 1 saturated heterocycles. The number of aliphatic hydroxyl groups excluding tert-OH is 1. The number of likely N-dealkylation sites (tertiary alicyclic amines) is 1. The highest BCUT2D eigenvalue weighted by Gasteiger charge is 2.38. The van der Waals surface area contributed by atoms with Gasteiger partial charge < -0.3 is 30.1 Å². The van der Waals surface area contributed by atoms with E-state index in [1.165, 1.54) is 12.5 Å². The topological polar surface area (TPSA) is 114 Å². The molecule has 4 rings (SSSR count). The molecule has 0 aliphatic carbocycles. The number of ketones is 1. The monoisotopic (exact) mass is 493 g/mol. The minimum Gasteiger partial charge on any atom is -0.493 e. The second-order valence-corrected chi connectivity index (χ2v) is 9.56. The van der Waals surface area contributed by atoms with E-state index in [2.05, 4.69) is 39.0 Å². The third kappa shape index (κ3) is 5.22. The zero-order valence-corrected chi connectivity index (χ0v) is 21.4. The fourth-order valence-electron chi connectivity index (χ4n) is 5.03. The van der Waals surface area contributed by atoms with Gasteiger partial charge in [0.15, 0.2) is 17.3 Å². The number of anilines is 2. The summed E-state index contributed by atoms with van der Waals surface area (Å²) >= 11 is 0. The van der Waals surface area contributed by atoms with Crippen LogP contribution in [0.15, 0.2) is 42.5 Å². The Kier molecular flexibility index (Phi) is 7.61. The van der Waals surface area contributed by atoms with Gasteiger partial charge in [0.2, 0.25) is 5.95 Å². The van der Waals surface area contributed by atoms with E-state index in [1.54, 1.807) is 20.3 Å². The Hall–Kier alpha value is -3.43. The molecule has 1 atom stereocenters. The number of ether oxygens (including phenoxy) is 2. The fraction of sp³-hybridized carbons (Fsp3) is 0.444. The van der Waals surface area contributed by atoms with E-state index >= 15 is 0 Å². The fourth-order valence-corrected chi connectivity index (χ4v) is 5.03. The SMILES string of the molecule is COc1cc2nc(N(C)CC3(c4ccccc4)CCN(C[C@H](O)C(C)=O)CC3)nc(N)c2cc1OC. The number of nitrogens with zero attached hydrogens (tertiary/aromatic N) is 4. The Labute approximate surface area is 211 Å². The highest BCUT2D eigenvalue weighted by Crippen LogP contribution is 2.38. The molecule has 9 heteroatoms. The molecular weight excluding hydrogens is 458 g/mol. The van der Waals surface area contributed by atoms with E-state index in [9.17, 15) is 9.90 Å². The lowest BCUT2D eigenvalue weighted by Gasteiger charge is -2.44. The first-order valence-corrected chi connectivity index (χ1v) is 12.1. The number of nitrogens with two attached hydrogens (primary N) is 1. The predicted molar refractivity (Wildman–Crippen MR) is 141 cm³/mol. The van der Waals surface area contributed by atoms with Crippen LogP contribution in [0, 0.1) is 0 Å². The molecule has 0 bridgehead atoms. The Bertz CT molecular complexity index is 1210. The average molecular weight is 494 g/mol. The molecule has 0 radical (unpaired) electrons. The Morgan fingerprint density at radius 2 is 1.78 bits per heavy atom. The van der Waals surface area contributed by atoms with Gasteiger partial charge in [-0.3, -0.25) is 4.79 Å². The van der Waals surface area contributed by atoms with Crippen molar-refractivity contribution in [3.8, 4) is 11.5 Å². The third-order valence-electron chi connectivity index (χ3n) is 7.20. The van der Waals surface area contributed by atoms with Crippen LogP contribution in [0.4, 0.5) is 11.8 Å². The molecule has 0 saturated carbocycles. The summed E-state index contributed by atoms with van der Waals surface area (Å²) in [5.41, 5.74) is 8.14. The van der Waals surface area contributed by atoms with Crippen LogP contribution in [-0.2, 0) is 10.2 Å². The molecule has 9 nitrogen and oxygen atoms in total. The number of Topliss-reactive ketones (excluding diaryl/α,β-unsaturated/α-hetero) is 1. The number of β-amino-alcohol motifs (C(OH)–C–C–N with tert-alkyl or cyclic N) is 1. The first kappa shape index (κ1) is 25.7. The quantitative estimate of drug-likeness (QED) is 0.464. The Morgan fingerprint density at radius 1 is 1.14 bits per heavy atom. The number of carbonyl (C=O) groups excluding carboxylic acids is 1. The second kappa shape index (κ2) is 10.7. The van der Waals surface area contributed by atoms with Gasteiger partial charge >= 0.3 is 0 Å². The van der Waals surface area contributed by atoms with Crippen molar-refractivity contribution in [2.45, 2.75) is 31.3 Å².